The number of nitrogens with two attached hydrogens (primary N) is 1. The Balaban J connectivity index is 2.62. The van der Waals surface area contributed by atoms with E-state index in [0.717, 1.165) is 17.1 Å². The first-order valence-corrected chi connectivity index (χ1v) is 5.82. The standard InChI is InChI=1S/C13H20N2O3/c1-9(14)13(16)15-7-6-10-8-11(17-2)4-5-12(10)18-3/h4-5,8-9H,6-7,14H2,1-3H3,(H,15,16)/t9-/m0/s1. The van der Waals surface area contributed by atoms with Gasteiger partial charge in [-0.3, -0.25) is 4.79 Å². The fourth-order valence-corrected chi connectivity index (χ4v) is 1.56. The lowest BCUT2D eigenvalue weighted by Gasteiger charge is -2.11. The fraction of sp³-hybridized carbons (Fsp3) is 0.462. The number of methoxy groups -OCH3 is 2. The smallest absolute Gasteiger partial charge is 0.236 e. The van der Waals surface area contributed by atoms with Crippen molar-refractivity contribution < 1.29 is 14.3 Å². The highest BCUT2D eigenvalue weighted by atomic mass is 16.5. The SMILES string of the molecule is COc1ccc(OC)c(CCNC(=O)[C@H](C)N)c1. The van der Waals surface area contributed by atoms with Gasteiger partial charge in [-0.15, -0.1) is 0 Å². The Bertz CT molecular complexity index is 405. The zero-order valence-electron chi connectivity index (χ0n) is 11.0. The first-order chi connectivity index (χ1) is 8.58. The number of hydrogen-bond donors (Lipinski definition) is 2. The first-order valence-electron chi connectivity index (χ1n) is 5.82. The van der Waals surface area contributed by atoms with E-state index in [4.69, 9.17) is 15.2 Å². The number of hydrogen-bond acceptors (Lipinski definition) is 4. The number of benzene rings is 1. The van der Waals surface area contributed by atoms with Gasteiger partial charge in [-0.2, -0.15) is 0 Å². The third-order valence-electron chi connectivity index (χ3n) is 2.59. The Hall–Kier alpha value is -1.75. The van der Waals surface area contributed by atoms with Gasteiger partial charge in [0.2, 0.25) is 5.91 Å². The van der Waals surface area contributed by atoms with E-state index in [0.29, 0.717) is 13.0 Å². The van der Waals surface area contributed by atoms with E-state index in [-0.39, 0.29) is 5.91 Å². The summed E-state index contributed by atoms with van der Waals surface area (Å²) in [6.45, 7) is 2.17. The van der Waals surface area contributed by atoms with Gasteiger partial charge in [0, 0.05) is 6.54 Å². The van der Waals surface area contributed by atoms with Crippen molar-refractivity contribution in [3.05, 3.63) is 23.8 Å². The molecular formula is C13H20N2O3. The second-order valence-corrected chi connectivity index (χ2v) is 4.01. The molecule has 0 unspecified atom stereocenters. The highest BCUT2D eigenvalue weighted by molar-refractivity contribution is 5.80. The molecule has 0 fully saturated rings. The van der Waals surface area contributed by atoms with Gasteiger partial charge in [-0.25, -0.2) is 0 Å². The lowest BCUT2D eigenvalue weighted by molar-refractivity contribution is -0.121. The summed E-state index contributed by atoms with van der Waals surface area (Å²) < 4.78 is 10.4. The van der Waals surface area contributed by atoms with Crippen LogP contribution in [-0.4, -0.2) is 32.7 Å². The van der Waals surface area contributed by atoms with Crippen LogP contribution in [0.15, 0.2) is 18.2 Å². The molecule has 100 valence electrons. The van der Waals surface area contributed by atoms with Crippen LogP contribution in [0.5, 0.6) is 11.5 Å². The van der Waals surface area contributed by atoms with E-state index in [1.807, 2.05) is 18.2 Å². The van der Waals surface area contributed by atoms with Crippen molar-refractivity contribution in [2.45, 2.75) is 19.4 Å². The fourth-order valence-electron chi connectivity index (χ4n) is 1.56. The van der Waals surface area contributed by atoms with E-state index in [1.54, 1.807) is 21.1 Å². The third-order valence-corrected chi connectivity index (χ3v) is 2.59. The van der Waals surface area contributed by atoms with Crippen LogP contribution in [0.1, 0.15) is 12.5 Å². The first kappa shape index (κ1) is 14.3. The third kappa shape index (κ3) is 3.92. The van der Waals surface area contributed by atoms with Crippen molar-refractivity contribution in [2.75, 3.05) is 20.8 Å². The predicted molar refractivity (Wildman–Crippen MR) is 69.9 cm³/mol. The van der Waals surface area contributed by atoms with E-state index in [1.165, 1.54) is 0 Å². The molecule has 3 N–H and O–H groups in total. The number of ether oxygens (including phenoxy) is 2. The quantitative estimate of drug-likeness (QED) is 0.782. The summed E-state index contributed by atoms with van der Waals surface area (Å²) in [6.07, 6.45) is 0.666. The van der Waals surface area contributed by atoms with Crippen LogP contribution >= 0.6 is 0 Å². The number of amides is 1. The van der Waals surface area contributed by atoms with Crippen molar-refractivity contribution in [1.82, 2.24) is 5.32 Å². The molecular weight excluding hydrogens is 232 g/mol. The average Bonchev–Trinajstić information content (AvgIpc) is 2.38. The molecule has 18 heavy (non-hydrogen) atoms. The Morgan fingerprint density at radius 2 is 2.11 bits per heavy atom. The summed E-state index contributed by atoms with van der Waals surface area (Å²) in [4.78, 5) is 11.3. The summed E-state index contributed by atoms with van der Waals surface area (Å²) in [7, 11) is 3.23. The van der Waals surface area contributed by atoms with Gasteiger partial charge >= 0.3 is 0 Å². The van der Waals surface area contributed by atoms with Crippen molar-refractivity contribution in [3.63, 3.8) is 0 Å². The maximum absolute atomic E-state index is 11.3. The highest BCUT2D eigenvalue weighted by Crippen LogP contribution is 2.23. The molecule has 0 spiro atoms. The van der Waals surface area contributed by atoms with E-state index in [9.17, 15) is 4.79 Å². The lowest BCUT2D eigenvalue weighted by atomic mass is 10.1. The summed E-state index contributed by atoms with van der Waals surface area (Å²) in [5, 5.41) is 2.76. The molecule has 1 aromatic carbocycles. The van der Waals surface area contributed by atoms with Crippen molar-refractivity contribution in [2.24, 2.45) is 5.73 Å². The molecule has 1 rings (SSSR count). The second kappa shape index (κ2) is 6.86. The monoisotopic (exact) mass is 252 g/mol. The van der Waals surface area contributed by atoms with Gasteiger partial charge in [-0.1, -0.05) is 0 Å². The topological polar surface area (TPSA) is 73.6 Å². The zero-order chi connectivity index (χ0) is 13.5. The minimum atomic E-state index is -0.489. The summed E-state index contributed by atoms with van der Waals surface area (Å²) in [5.41, 5.74) is 6.45. The molecule has 5 nitrogen and oxygen atoms in total. The maximum atomic E-state index is 11.3. The molecule has 0 bridgehead atoms. The van der Waals surface area contributed by atoms with E-state index in [2.05, 4.69) is 5.32 Å². The molecule has 0 heterocycles. The second-order valence-electron chi connectivity index (χ2n) is 4.01. The van der Waals surface area contributed by atoms with Crippen LogP contribution in [0.3, 0.4) is 0 Å². The maximum Gasteiger partial charge on any atom is 0.236 e. The molecule has 0 saturated carbocycles. The number of carbonyl (C=O) groups excluding carboxylic acids is 1. The van der Waals surface area contributed by atoms with Gasteiger partial charge in [0.25, 0.3) is 0 Å². The predicted octanol–water partition coefficient (Wildman–Crippen LogP) is 0.710. The van der Waals surface area contributed by atoms with E-state index < -0.39 is 6.04 Å². The Kier molecular flexibility index (Phi) is 5.45. The molecule has 0 aromatic heterocycles. The molecule has 0 aliphatic rings. The largest absolute Gasteiger partial charge is 0.497 e. The van der Waals surface area contributed by atoms with Gasteiger partial charge < -0.3 is 20.5 Å². The molecule has 0 radical (unpaired) electrons. The molecule has 1 amide bonds. The molecule has 1 aromatic rings. The zero-order valence-corrected chi connectivity index (χ0v) is 11.0. The number of rotatable bonds is 6. The summed E-state index contributed by atoms with van der Waals surface area (Å²) in [5.74, 6) is 1.40. The molecule has 0 saturated heterocycles. The minimum absolute atomic E-state index is 0.156. The normalized spacial score (nSPS) is 11.8. The van der Waals surface area contributed by atoms with Crippen LogP contribution in [-0.2, 0) is 11.2 Å². The van der Waals surface area contributed by atoms with E-state index >= 15 is 0 Å². The Morgan fingerprint density at radius 3 is 2.67 bits per heavy atom. The van der Waals surface area contributed by atoms with Gasteiger partial charge in [0.15, 0.2) is 0 Å². The van der Waals surface area contributed by atoms with Crippen LogP contribution in [0.4, 0.5) is 0 Å². The van der Waals surface area contributed by atoms with Crippen LogP contribution in [0.25, 0.3) is 0 Å². The van der Waals surface area contributed by atoms with Crippen LogP contribution in [0.2, 0.25) is 0 Å². The molecule has 5 heteroatoms. The van der Waals surface area contributed by atoms with Gasteiger partial charge in [-0.05, 0) is 37.1 Å². The van der Waals surface area contributed by atoms with Crippen LogP contribution in [0, 0.1) is 0 Å². The number of carbonyl (C=O) groups is 1. The minimum Gasteiger partial charge on any atom is -0.497 e. The average molecular weight is 252 g/mol. The Morgan fingerprint density at radius 1 is 1.39 bits per heavy atom. The molecule has 0 aliphatic carbocycles. The summed E-state index contributed by atoms with van der Waals surface area (Å²) in [6, 6.07) is 5.10. The van der Waals surface area contributed by atoms with Crippen molar-refractivity contribution >= 4 is 5.91 Å². The number of nitrogens with one attached hydrogen (secondary N) is 1. The van der Waals surface area contributed by atoms with Crippen LogP contribution < -0.4 is 20.5 Å². The van der Waals surface area contributed by atoms with Crippen molar-refractivity contribution in [1.29, 1.82) is 0 Å². The highest BCUT2D eigenvalue weighted by Gasteiger charge is 2.08. The molecule has 0 aliphatic heterocycles. The van der Waals surface area contributed by atoms with Gasteiger partial charge in [0.05, 0.1) is 20.3 Å². The van der Waals surface area contributed by atoms with Gasteiger partial charge in [0.1, 0.15) is 11.5 Å². The lowest BCUT2D eigenvalue weighted by Crippen LogP contribution is -2.39. The molecule has 1 atom stereocenters. The Labute approximate surface area is 107 Å². The summed E-state index contributed by atoms with van der Waals surface area (Å²) >= 11 is 0. The van der Waals surface area contributed by atoms with Crippen molar-refractivity contribution in [3.8, 4) is 11.5 Å².